The van der Waals surface area contributed by atoms with Gasteiger partial charge in [-0.1, -0.05) is 23.4 Å². The number of likely N-dealkylation sites (tertiary alicyclic amines) is 1. The van der Waals surface area contributed by atoms with Gasteiger partial charge in [0.1, 0.15) is 5.75 Å². The van der Waals surface area contributed by atoms with Gasteiger partial charge in [-0.25, -0.2) is 0 Å². The molecule has 0 N–H and O–H groups in total. The molecule has 0 spiro atoms. The van der Waals surface area contributed by atoms with Crippen LogP contribution in [-0.4, -0.2) is 35.7 Å². The maximum absolute atomic E-state index is 12.2. The topological polar surface area (TPSA) is 55.6 Å². The minimum atomic E-state index is 0.0549. The molecule has 1 aliphatic heterocycles. The van der Waals surface area contributed by atoms with Crippen LogP contribution in [0.15, 0.2) is 34.9 Å². The summed E-state index contributed by atoms with van der Waals surface area (Å²) in [4.78, 5) is 14.1. The highest BCUT2D eigenvalue weighted by Crippen LogP contribution is 2.21. The van der Waals surface area contributed by atoms with E-state index in [1.807, 2.05) is 54.3 Å². The van der Waals surface area contributed by atoms with Crippen LogP contribution in [-0.2, 0) is 4.79 Å². The van der Waals surface area contributed by atoms with Crippen molar-refractivity contribution in [2.45, 2.75) is 26.2 Å². The van der Waals surface area contributed by atoms with Gasteiger partial charge in [0, 0.05) is 24.7 Å². The third kappa shape index (κ3) is 4.25. The van der Waals surface area contributed by atoms with Crippen molar-refractivity contribution in [3.05, 3.63) is 47.3 Å². The van der Waals surface area contributed by atoms with Gasteiger partial charge in [0.25, 0.3) is 5.91 Å². The predicted octanol–water partition coefficient (Wildman–Crippen LogP) is 3.54. The number of carbonyl (C=O) groups excluding carboxylic acids is 1. The van der Waals surface area contributed by atoms with Gasteiger partial charge < -0.3 is 14.2 Å². The standard InChI is InChI=1S/C19H22N2O3/c1-15-13-17(24-20-15)10-9-16-7-3-4-8-18(16)23-14-19(22)21-11-5-2-6-12-21/h3-4,7-10,13H,2,5-6,11-12,14H2,1H3. The molecular weight excluding hydrogens is 304 g/mol. The lowest BCUT2D eigenvalue weighted by Gasteiger charge is -2.26. The largest absolute Gasteiger partial charge is 0.483 e. The molecule has 2 heterocycles. The maximum Gasteiger partial charge on any atom is 0.260 e. The minimum Gasteiger partial charge on any atom is -0.483 e. The van der Waals surface area contributed by atoms with Crippen LogP contribution in [0.3, 0.4) is 0 Å². The molecule has 1 fully saturated rings. The summed E-state index contributed by atoms with van der Waals surface area (Å²) in [6.45, 7) is 3.64. The molecule has 1 aromatic carbocycles. The van der Waals surface area contributed by atoms with Crippen LogP contribution >= 0.6 is 0 Å². The van der Waals surface area contributed by atoms with E-state index in [-0.39, 0.29) is 12.5 Å². The average molecular weight is 326 g/mol. The summed E-state index contributed by atoms with van der Waals surface area (Å²) in [5.74, 6) is 1.43. The molecule has 0 atom stereocenters. The minimum absolute atomic E-state index is 0.0549. The van der Waals surface area contributed by atoms with E-state index < -0.39 is 0 Å². The van der Waals surface area contributed by atoms with Crippen LogP contribution in [0.25, 0.3) is 12.2 Å². The number of ether oxygens (including phenoxy) is 1. The molecule has 5 nitrogen and oxygen atoms in total. The zero-order valence-corrected chi connectivity index (χ0v) is 13.9. The first-order valence-electron chi connectivity index (χ1n) is 8.33. The Hall–Kier alpha value is -2.56. The molecule has 0 aliphatic carbocycles. The summed E-state index contributed by atoms with van der Waals surface area (Å²) in [7, 11) is 0. The van der Waals surface area contributed by atoms with Crippen molar-refractivity contribution in [2.24, 2.45) is 0 Å². The first-order chi connectivity index (χ1) is 11.7. The average Bonchev–Trinajstić information content (AvgIpc) is 3.04. The van der Waals surface area contributed by atoms with E-state index in [0.717, 1.165) is 37.2 Å². The van der Waals surface area contributed by atoms with Crippen molar-refractivity contribution in [3.8, 4) is 5.75 Å². The van der Waals surface area contributed by atoms with E-state index in [1.165, 1.54) is 6.42 Å². The molecule has 24 heavy (non-hydrogen) atoms. The van der Waals surface area contributed by atoms with Crippen LogP contribution in [0.5, 0.6) is 5.75 Å². The number of carbonyl (C=O) groups is 1. The van der Waals surface area contributed by atoms with Crippen LogP contribution in [0.2, 0.25) is 0 Å². The summed E-state index contributed by atoms with van der Waals surface area (Å²) in [5, 5.41) is 3.85. The van der Waals surface area contributed by atoms with Gasteiger partial charge in [-0.05, 0) is 44.4 Å². The fourth-order valence-electron chi connectivity index (χ4n) is 2.76. The number of aromatic nitrogens is 1. The number of aryl methyl sites for hydroxylation is 1. The predicted molar refractivity (Wildman–Crippen MR) is 92.5 cm³/mol. The van der Waals surface area contributed by atoms with Crippen molar-refractivity contribution >= 4 is 18.1 Å². The molecule has 1 amide bonds. The second kappa shape index (κ2) is 7.81. The molecule has 0 saturated carbocycles. The Morgan fingerprint density at radius 1 is 1.25 bits per heavy atom. The van der Waals surface area contributed by atoms with Gasteiger partial charge in [0.15, 0.2) is 12.4 Å². The molecule has 1 aliphatic rings. The zero-order valence-electron chi connectivity index (χ0n) is 13.9. The molecule has 5 heteroatoms. The normalized spacial score (nSPS) is 15.0. The lowest BCUT2D eigenvalue weighted by Crippen LogP contribution is -2.38. The third-order valence-corrected chi connectivity index (χ3v) is 4.05. The third-order valence-electron chi connectivity index (χ3n) is 4.05. The summed E-state index contributed by atoms with van der Waals surface area (Å²) in [6, 6.07) is 9.51. The van der Waals surface area contributed by atoms with Crippen molar-refractivity contribution in [1.29, 1.82) is 0 Å². The second-order valence-corrected chi connectivity index (χ2v) is 5.97. The Balaban J connectivity index is 1.63. The number of nitrogens with zero attached hydrogens (tertiary/aromatic N) is 2. The number of rotatable bonds is 5. The first kappa shape index (κ1) is 16.3. The molecule has 0 bridgehead atoms. The van der Waals surface area contributed by atoms with Crippen molar-refractivity contribution in [2.75, 3.05) is 19.7 Å². The Morgan fingerprint density at radius 3 is 2.79 bits per heavy atom. The number of hydrogen-bond acceptors (Lipinski definition) is 4. The van der Waals surface area contributed by atoms with E-state index in [9.17, 15) is 4.79 Å². The van der Waals surface area contributed by atoms with Gasteiger partial charge in [-0.3, -0.25) is 4.79 Å². The number of para-hydroxylation sites is 1. The SMILES string of the molecule is Cc1cc(C=Cc2ccccc2OCC(=O)N2CCCCC2)on1. The number of benzene rings is 1. The molecule has 3 rings (SSSR count). The van der Waals surface area contributed by atoms with E-state index in [0.29, 0.717) is 11.5 Å². The molecule has 126 valence electrons. The van der Waals surface area contributed by atoms with E-state index in [1.54, 1.807) is 0 Å². The highest BCUT2D eigenvalue weighted by atomic mass is 16.5. The lowest BCUT2D eigenvalue weighted by molar-refractivity contribution is -0.134. The van der Waals surface area contributed by atoms with E-state index >= 15 is 0 Å². The van der Waals surface area contributed by atoms with Gasteiger partial charge >= 0.3 is 0 Å². The van der Waals surface area contributed by atoms with Gasteiger partial charge in [-0.15, -0.1) is 0 Å². The molecule has 0 unspecified atom stereocenters. The van der Waals surface area contributed by atoms with Crippen LogP contribution in [0, 0.1) is 6.92 Å². The summed E-state index contributed by atoms with van der Waals surface area (Å²) < 4.78 is 10.9. The van der Waals surface area contributed by atoms with Crippen LogP contribution in [0.1, 0.15) is 36.3 Å². The quantitative estimate of drug-likeness (QED) is 0.843. The smallest absolute Gasteiger partial charge is 0.260 e. The van der Waals surface area contributed by atoms with Gasteiger partial charge in [0.05, 0.1) is 5.69 Å². The monoisotopic (exact) mass is 326 g/mol. The van der Waals surface area contributed by atoms with Gasteiger partial charge in [-0.2, -0.15) is 0 Å². The van der Waals surface area contributed by atoms with Gasteiger partial charge in [0.2, 0.25) is 0 Å². The Bertz CT molecular complexity index is 715. The molecular formula is C19H22N2O3. The Kier molecular flexibility index (Phi) is 5.31. The highest BCUT2D eigenvalue weighted by Gasteiger charge is 2.17. The highest BCUT2D eigenvalue weighted by molar-refractivity contribution is 5.78. The molecule has 2 aromatic rings. The Morgan fingerprint density at radius 2 is 2.04 bits per heavy atom. The molecule has 1 aromatic heterocycles. The van der Waals surface area contributed by atoms with Crippen molar-refractivity contribution in [1.82, 2.24) is 10.1 Å². The van der Waals surface area contributed by atoms with Crippen LogP contribution < -0.4 is 4.74 Å². The van der Waals surface area contributed by atoms with E-state index in [2.05, 4.69) is 5.16 Å². The van der Waals surface area contributed by atoms with Crippen molar-refractivity contribution in [3.63, 3.8) is 0 Å². The number of piperidine rings is 1. The number of hydrogen-bond donors (Lipinski definition) is 0. The zero-order chi connectivity index (χ0) is 16.8. The Labute approximate surface area is 141 Å². The summed E-state index contributed by atoms with van der Waals surface area (Å²) in [5.41, 5.74) is 1.74. The summed E-state index contributed by atoms with van der Waals surface area (Å²) >= 11 is 0. The van der Waals surface area contributed by atoms with Crippen molar-refractivity contribution < 1.29 is 14.1 Å². The van der Waals surface area contributed by atoms with Crippen LogP contribution in [0.4, 0.5) is 0 Å². The molecule has 1 saturated heterocycles. The fraction of sp³-hybridized carbons (Fsp3) is 0.368. The second-order valence-electron chi connectivity index (χ2n) is 5.97. The molecule has 0 radical (unpaired) electrons. The van der Waals surface area contributed by atoms with E-state index in [4.69, 9.17) is 9.26 Å². The first-order valence-corrected chi connectivity index (χ1v) is 8.33. The lowest BCUT2D eigenvalue weighted by atomic mass is 10.1. The number of amides is 1. The summed E-state index contributed by atoms with van der Waals surface area (Å²) in [6.07, 6.45) is 7.12. The fourth-order valence-corrected chi connectivity index (χ4v) is 2.76. The maximum atomic E-state index is 12.2.